The van der Waals surface area contributed by atoms with Gasteiger partial charge in [-0.2, -0.15) is 0 Å². The zero-order valence-corrected chi connectivity index (χ0v) is 15.3. The molecule has 1 amide bonds. The predicted molar refractivity (Wildman–Crippen MR) is 98.9 cm³/mol. The molecular weight excluding hydrogens is 316 g/mol. The van der Waals surface area contributed by atoms with E-state index in [1.165, 1.54) is 17.7 Å². The fourth-order valence-electron chi connectivity index (χ4n) is 2.70. The summed E-state index contributed by atoms with van der Waals surface area (Å²) in [5.41, 5.74) is 2.95. The molecule has 1 N–H and O–H groups in total. The minimum absolute atomic E-state index is 0.0465. The van der Waals surface area contributed by atoms with Crippen molar-refractivity contribution in [1.82, 2.24) is 5.32 Å². The zero-order chi connectivity index (χ0) is 18.8. The van der Waals surface area contributed by atoms with Crippen LogP contribution in [0.5, 0.6) is 0 Å². The lowest BCUT2D eigenvalue weighted by atomic mass is 9.86. The number of nitro benzene ring substituents is 1. The first-order valence-electron chi connectivity index (χ1n) is 8.26. The maximum atomic E-state index is 12.5. The molecule has 0 aromatic heterocycles. The van der Waals surface area contributed by atoms with Gasteiger partial charge in [-0.15, -0.1) is 0 Å². The van der Waals surface area contributed by atoms with E-state index in [0.717, 1.165) is 5.56 Å². The molecule has 2 aromatic carbocycles. The summed E-state index contributed by atoms with van der Waals surface area (Å²) in [6.07, 6.45) is 0. The fourth-order valence-corrected chi connectivity index (χ4v) is 2.70. The molecule has 5 nitrogen and oxygen atoms in total. The van der Waals surface area contributed by atoms with Crippen LogP contribution in [-0.2, 0) is 5.41 Å². The maximum Gasteiger partial charge on any atom is 0.273 e. The summed E-state index contributed by atoms with van der Waals surface area (Å²) in [4.78, 5) is 23.1. The van der Waals surface area contributed by atoms with Crippen molar-refractivity contribution in [3.05, 3.63) is 74.8 Å². The highest BCUT2D eigenvalue weighted by molar-refractivity contribution is 5.96. The molecule has 0 spiro atoms. The van der Waals surface area contributed by atoms with Crippen LogP contribution in [0.3, 0.4) is 0 Å². The molecule has 0 saturated carbocycles. The summed E-state index contributed by atoms with van der Waals surface area (Å²) in [5, 5.41) is 13.9. The standard InChI is InChI=1S/C20H24N2O3/c1-13-17(7-6-8-18(13)22(24)25)19(23)21-14(2)15-9-11-16(12-10-15)20(3,4)5/h6-12,14H,1-5H3,(H,21,23). The first-order valence-corrected chi connectivity index (χ1v) is 8.26. The van der Waals surface area contributed by atoms with Gasteiger partial charge in [0.05, 0.1) is 11.0 Å². The van der Waals surface area contributed by atoms with E-state index in [1.807, 2.05) is 19.1 Å². The van der Waals surface area contributed by atoms with Crippen molar-refractivity contribution in [2.24, 2.45) is 0 Å². The van der Waals surface area contributed by atoms with Gasteiger partial charge in [0.2, 0.25) is 0 Å². The average molecular weight is 340 g/mol. The van der Waals surface area contributed by atoms with Crippen LogP contribution in [0.25, 0.3) is 0 Å². The highest BCUT2D eigenvalue weighted by Gasteiger charge is 2.20. The summed E-state index contributed by atoms with van der Waals surface area (Å²) < 4.78 is 0. The van der Waals surface area contributed by atoms with Gasteiger partial charge in [0.1, 0.15) is 0 Å². The van der Waals surface area contributed by atoms with Crippen LogP contribution in [-0.4, -0.2) is 10.8 Å². The first kappa shape index (κ1) is 18.6. The Hall–Kier alpha value is -2.69. The Morgan fingerprint density at radius 1 is 1.12 bits per heavy atom. The molecule has 1 unspecified atom stereocenters. The van der Waals surface area contributed by atoms with Crippen LogP contribution in [0.4, 0.5) is 5.69 Å². The van der Waals surface area contributed by atoms with Gasteiger partial charge >= 0.3 is 0 Å². The van der Waals surface area contributed by atoms with Gasteiger partial charge in [-0.05, 0) is 36.5 Å². The second-order valence-electron chi connectivity index (χ2n) is 7.27. The Kier molecular flexibility index (Phi) is 5.26. The van der Waals surface area contributed by atoms with Gasteiger partial charge in [0.15, 0.2) is 0 Å². The Balaban J connectivity index is 2.18. The largest absolute Gasteiger partial charge is 0.346 e. The Bertz CT molecular complexity index is 790. The van der Waals surface area contributed by atoms with E-state index in [0.29, 0.717) is 11.1 Å². The van der Waals surface area contributed by atoms with Crippen LogP contribution in [0.15, 0.2) is 42.5 Å². The molecule has 25 heavy (non-hydrogen) atoms. The van der Waals surface area contributed by atoms with Gasteiger partial charge in [0, 0.05) is 17.2 Å². The van der Waals surface area contributed by atoms with Crippen molar-refractivity contribution in [3.63, 3.8) is 0 Å². The van der Waals surface area contributed by atoms with Crippen molar-refractivity contribution < 1.29 is 9.72 Å². The van der Waals surface area contributed by atoms with E-state index in [9.17, 15) is 14.9 Å². The lowest BCUT2D eigenvalue weighted by molar-refractivity contribution is -0.385. The molecule has 0 radical (unpaired) electrons. The lowest BCUT2D eigenvalue weighted by Crippen LogP contribution is -2.27. The smallest absolute Gasteiger partial charge is 0.273 e. The highest BCUT2D eigenvalue weighted by atomic mass is 16.6. The molecular formula is C20H24N2O3. The molecule has 132 valence electrons. The summed E-state index contributed by atoms with van der Waals surface area (Å²) >= 11 is 0. The van der Waals surface area contributed by atoms with Gasteiger partial charge < -0.3 is 5.32 Å². The molecule has 1 atom stereocenters. The molecule has 0 aliphatic rings. The molecule has 0 fully saturated rings. The topological polar surface area (TPSA) is 72.2 Å². The van der Waals surface area contributed by atoms with Gasteiger partial charge in [-0.3, -0.25) is 14.9 Å². The minimum Gasteiger partial charge on any atom is -0.346 e. The van der Waals surface area contributed by atoms with E-state index in [2.05, 4.69) is 38.2 Å². The second kappa shape index (κ2) is 7.05. The number of nitrogens with one attached hydrogen (secondary N) is 1. The van der Waals surface area contributed by atoms with E-state index in [4.69, 9.17) is 0 Å². The Morgan fingerprint density at radius 3 is 2.24 bits per heavy atom. The van der Waals surface area contributed by atoms with Crippen LogP contribution in [0.1, 0.15) is 60.8 Å². The lowest BCUT2D eigenvalue weighted by Gasteiger charge is -2.21. The Morgan fingerprint density at radius 2 is 1.72 bits per heavy atom. The summed E-state index contributed by atoms with van der Waals surface area (Å²) in [6.45, 7) is 9.95. The Labute approximate surface area is 148 Å². The van der Waals surface area contributed by atoms with Crippen molar-refractivity contribution in [3.8, 4) is 0 Å². The normalized spacial score (nSPS) is 12.5. The average Bonchev–Trinajstić information content (AvgIpc) is 2.53. The van der Waals surface area contributed by atoms with E-state index < -0.39 is 4.92 Å². The van der Waals surface area contributed by atoms with Crippen molar-refractivity contribution in [2.45, 2.75) is 46.1 Å². The van der Waals surface area contributed by atoms with Crippen LogP contribution < -0.4 is 5.32 Å². The number of nitrogens with zero attached hydrogens (tertiary/aromatic N) is 1. The van der Waals surface area contributed by atoms with Gasteiger partial charge in [-0.1, -0.05) is 51.1 Å². The number of benzene rings is 2. The van der Waals surface area contributed by atoms with Crippen LogP contribution in [0, 0.1) is 17.0 Å². The molecule has 0 heterocycles. The summed E-state index contributed by atoms with van der Waals surface area (Å²) in [7, 11) is 0. The number of hydrogen-bond acceptors (Lipinski definition) is 3. The third-order valence-electron chi connectivity index (χ3n) is 4.37. The van der Waals surface area contributed by atoms with Crippen molar-refractivity contribution in [2.75, 3.05) is 0 Å². The third kappa shape index (κ3) is 4.24. The first-order chi connectivity index (χ1) is 11.6. The molecule has 0 bridgehead atoms. The molecule has 0 saturated heterocycles. The monoisotopic (exact) mass is 340 g/mol. The SMILES string of the molecule is Cc1c(C(=O)NC(C)c2ccc(C(C)(C)C)cc2)cccc1[N+](=O)[O-]. The molecule has 0 aliphatic carbocycles. The van der Waals surface area contributed by atoms with Crippen molar-refractivity contribution in [1.29, 1.82) is 0 Å². The van der Waals surface area contributed by atoms with E-state index in [1.54, 1.807) is 13.0 Å². The van der Waals surface area contributed by atoms with Gasteiger partial charge in [0.25, 0.3) is 11.6 Å². The van der Waals surface area contributed by atoms with E-state index >= 15 is 0 Å². The number of carbonyl (C=O) groups excluding carboxylic acids is 1. The van der Waals surface area contributed by atoms with Crippen LogP contribution in [0.2, 0.25) is 0 Å². The van der Waals surface area contributed by atoms with Crippen molar-refractivity contribution >= 4 is 11.6 Å². The van der Waals surface area contributed by atoms with Crippen LogP contribution >= 0.6 is 0 Å². The highest BCUT2D eigenvalue weighted by Crippen LogP contribution is 2.25. The third-order valence-corrected chi connectivity index (χ3v) is 4.37. The molecule has 5 heteroatoms. The number of nitro groups is 1. The molecule has 2 aromatic rings. The quantitative estimate of drug-likeness (QED) is 0.648. The zero-order valence-electron chi connectivity index (χ0n) is 15.3. The fraction of sp³-hybridized carbons (Fsp3) is 0.350. The van der Waals surface area contributed by atoms with E-state index in [-0.39, 0.29) is 23.1 Å². The maximum absolute atomic E-state index is 12.5. The van der Waals surface area contributed by atoms with Gasteiger partial charge in [-0.25, -0.2) is 0 Å². The number of carbonyl (C=O) groups is 1. The summed E-state index contributed by atoms with van der Waals surface area (Å²) in [5.74, 6) is -0.311. The second-order valence-corrected chi connectivity index (χ2v) is 7.27. The number of rotatable bonds is 4. The summed E-state index contributed by atoms with van der Waals surface area (Å²) in [6, 6.07) is 12.5. The molecule has 0 aliphatic heterocycles. The number of hydrogen-bond donors (Lipinski definition) is 1. The minimum atomic E-state index is -0.471. The number of amides is 1. The molecule has 2 rings (SSSR count). The predicted octanol–water partition coefficient (Wildman–Crippen LogP) is 4.69.